The highest BCUT2D eigenvalue weighted by Crippen LogP contribution is 2.58. The lowest BCUT2D eigenvalue weighted by Crippen LogP contribution is -2.43. The largest absolute Gasteiger partial charge is 0.507 e. The molecule has 4 unspecified atom stereocenters. The number of phenolic OH excluding ortho intramolecular Hbond substituents is 1. The lowest BCUT2D eigenvalue weighted by Gasteiger charge is -2.36. The number of benzene rings is 1. The van der Waals surface area contributed by atoms with Crippen molar-refractivity contribution in [2.75, 3.05) is 6.61 Å². The normalized spacial score (nSPS) is 21.2. The van der Waals surface area contributed by atoms with Gasteiger partial charge in [-0.3, -0.25) is 4.79 Å². The second kappa shape index (κ2) is 14.2. The SMILES string of the molecule is [2H]C([2H])([2H])C1=CC(c2c(O)cc(CCCCC)cc2OP(=O)(C(=O)OCC)N(C(C)C)C(C)C(=O)O)C(C(=C)C)CC1. The zero-order valence-corrected chi connectivity index (χ0v) is 24.9. The Bertz CT molecular complexity index is 1230. The Labute approximate surface area is 237 Å². The van der Waals surface area contributed by atoms with E-state index in [-0.39, 0.29) is 35.2 Å². The van der Waals surface area contributed by atoms with Gasteiger partial charge in [0, 0.05) is 21.6 Å². The molecule has 0 saturated heterocycles. The monoisotopic (exact) mass is 566 g/mol. The molecule has 2 N–H and O–H groups in total. The highest BCUT2D eigenvalue weighted by Gasteiger charge is 2.50. The van der Waals surface area contributed by atoms with Crippen molar-refractivity contribution < 1.29 is 37.7 Å². The first-order chi connectivity index (χ1) is 19.5. The summed E-state index contributed by atoms with van der Waals surface area (Å²) in [5.41, 5.74) is 0.599. The third kappa shape index (κ3) is 7.76. The number of nitrogens with zero attached hydrogens (tertiary/aromatic N) is 1. The number of phenols is 1. The first-order valence-electron chi connectivity index (χ1n) is 15.2. The number of aryl methyl sites for hydroxylation is 1. The number of hydrogen-bond donors (Lipinski definition) is 2. The summed E-state index contributed by atoms with van der Waals surface area (Å²) in [5.74, 6) is -2.59. The molecule has 1 aromatic carbocycles. The molecule has 0 bridgehead atoms. The van der Waals surface area contributed by atoms with Gasteiger partial charge in [0.2, 0.25) is 0 Å². The lowest BCUT2D eigenvalue weighted by molar-refractivity contribution is -0.141. The van der Waals surface area contributed by atoms with Gasteiger partial charge in [-0.2, -0.15) is 4.67 Å². The van der Waals surface area contributed by atoms with E-state index >= 15 is 0 Å². The van der Waals surface area contributed by atoms with Crippen molar-refractivity contribution in [2.24, 2.45) is 5.92 Å². The molecule has 4 atom stereocenters. The Balaban J connectivity index is 2.91. The molecule has 1 aliphatic carbocycles. The minimum Gasteiger partial charge on any atom is -0.507 e. The molecular formula is C30H46NO7P. The summed E-state index contributed by atoms with van der Waals surface area (Å²) in [6.45, 7) is 11.5. The molecular weight excluding hydrogens is 517 g/mol. The number of aromatic hydroxyl groups is 1. The van der Waals surface area contributed by atoms with Crippen molar-refractivity contribution in [1.29, 1.82) is 0 Å². The Hall–Kier alpha value is -2.57. The minimum absolute atomic E-state index is 0.0829. The Kier molecular flexibility index (Phi) is 10.2. The maximum atomic E-state index is 14.7. The highest BCUT2D eigenvalue weighted by atomic mass is 31.2. The van der Waals surface area contributed by atoms with Crippen molar-refractivity contribution in [3.63, 3.8) is 0 Å². The van der Waals surface area contributed by atoms with Crippen molar-refractivity contribution in [3.8, 4) is 11.5 Å². The summed E-state index contributed by atoms with van der Waals surface area (Å²) < 4.78 is 51.0. The molecule has 8 nitrogen and oxygen atoms in total. The first kappa shape index (κ1) is 28.0. The van der Waals surface area contributed by atoms with E-state index in [9.17, 15) is 24.4 Å². The summed E-state index contributed by atoms with van der Waals surface area (Å²) in [6.07, 6.45) is 5.62. The predicted octanol–water partition coefficient (Wildman–Crippen LogP) is 8.05. The van der Waals surface area contributed by atoms with Crippen LogP contribution in [0.4, 0.5) is 4.79 Å². The zero-order chi connectivity index (χ0) is 32.0. The lowest BCUT2D eigenvalue weighted by atomic mass is 9.73. The molecule has 0 radical (unpaired) electrons. The number of allylic oxidation sites excluding steroid dienone is 3. The van der Waals surface area contributed by atoms with Crippen LogP contribution in [0.1, 0.15) is 102 Å². The number of carbonyl (C=O) groups is 2. The van der Waals surface area contributed by atoms with Gasteiger partial charge < -0.3 is 19.5 Å². The summed E-state index contributed by atoms with van der Waals surface area (Å²) in [6, 6.07) is 1.09. The van der Waals surface area contributed by atoms with Crippen LogP contribution in [0.3, 0.4) is 0 Å². The van der Waals surface area contributed by atoms with Gasteiger partial charge in [0.25, 0.3) is 0 Å². The number of hydrogen-bond acceptors (Lipinski definition) is 6. The van der Waals surface area contributed by atoms with Gasteiger partial charge in [-0.25, -0.2) is 9.36 Å². The van der Waals surface area contributed by atoms with Crippen molar-refractivity contribution in [3.05, 3.63) is 47.1 Å². The molecule has 1 aromatic rings. The molecule has 218 valence electrons. The Morgan fingerprint density at radius 2 is 1.95 bits per heavy atom. The number of ether oxygens (including phenoxy) is 1. The van der Waals surface area contributed by atoms with Crippen molar-refractivity contribution in [2.45, 2.75) is 105 Å². The maximum absolute atomic E-state index is 14.7. The van der Waals surface area contributed by atoms with Crippen LogP contribution in [-0.2, 0) is 20.5 Å². The number of carboxylic acids is 1. The van der Waals surface area contributed by atoms with Crippen molar-refractivity contribution in [1.82, 2.24) is 4.67 Å². The first-order valence-corrected chi connectivity index (χ1v) is 15.3. The minimum atomic E-state index is -4.74. The van der Waals surface area contributed by atoms with Crippen LogP contribution in [0.15, 0.2) is 35.9 Å². The van der Waals surface area contributed by atoms with Crippen LogP contribution in [0, 0.1) is 5.92 Å². The van der Waals surface area contributed by atoms with E-state index in [2.05, 4.69) is 13.5 Å². The molecule has 0 aliphatic heterocycles. The van der Waals surface area contributed by atoms with Crippen LogP contribution in [0.2, 0.25) is 0 Å². The number of unbranched alkanes of at least 4 members (excludes halogenated alkanes) is 2. The van der Waals surface area contributed by atoms with E-state index in [0.29, 0.717) is 24.8 Å². The molecule has 0 heterocycles. The van der Waals surface area contributed by atoms with Gasteiger partial charge >= 0.3 is 19.2 Å². The number of carbonyl (C=O) groups excluding carboxylic acids is 1. The summed E-state index contributed by atoms with van der Waals surface area (Å²) in [4.78, 5) is 25.4. The summed E-state index contributed by atoms with van der Waals surface area (Å²) in [5, 5.41) is 21.3. The highest BCUT2D eigenvalue weighted by molar-refractivity contribution is 7.73. The average Bonchev–Trinajstić information content (AvgIpc) is 2.87. The van der Waals surface area contributed by atoms with Crippen molar-refractivity contribution >= 4 is 19.2 Å². The molecule has 9 heteroatoms. The van der Waals surface area contributed by atoms with E-state index in [1.54, 1.807) is 32.1 Å². The molecule has 39 heavy (non-hydrogen) atoms. The molecule has 2 rings (SSSR count). The number of aliphatic carboxylic acids is 1. The second-order valence-corrected chi connectivity index (χ2v) is 12.5. The Morgan fingerprint density at radius 1 is 1.26 bits per heavy atom. The third-order valence-electron chi connectivity index (χ3n) is 7.06. The van der Waals surface area contributed by atoms with Gasteiger partial charge in [-0.1, -0.05) is 43.6 Å². The standard InChI is InChI=1S/C30H46NO7P/c1-9-11-12-13-23-17-26(32)28(25-16-21(7)14-15-24(25)19(3)4)27(18-23)38-39(36,30(35)37-10-2)31(20(5)6)22(8)29(33)34/h16-18,20,22,24-25,32H,3,9-15H2,1-2,4-8H3,(H,33,34)/i7D3. The van der Waals surface area contributed by atoms with E-state index in [4.69, 9.17) is 13.4 Å². The fourth-order valence-corrected chi connectivity index (χ4v) is 7.39. The van der Waals surface area contributed by atoms with Gasteiger partial charge in [-0.15, -0.1) is 0 Å². The summed E-state index contributed by atoms with van der Waals surface area (Å²) in [7, 11) is -4.74. The average molecular weight is 567 g/mol. The van der Waals surface area contributed by atoms with Gasteiger partial charge in [-0.05, 0) is 90.8 Å². The van der Waals surface area contributed by atoms with Crippen LogP contribution in [0.25, 0.3) is 0 Å². The van der Waals surface area contributed by atoms with Crippen LogP contribution >= 0.6 is 7.52 Å². The third-order valence-corrected chi connectivity index (χ3v) is 9.51. The molecule has 0 saturated carbocycles. The second-order valence-electron chi connectivity index (χ2n) is 10.5. The van der Waals surface area contributed by atoms with E-state index in [1.165, 1.54) is 13.8 Å². The number of carboxylic acid groups (broad SMARTS) is 1. The van der Waals surface area contributed by atoms with Crippen LogP contribution < -0.4 is 4.52 Å². The predicted molar refractivity (Wildman–Crippen MR) is 155 cm³/mol. The van der Waals surface area contributed by atoms with E-state index in [0.717, 1.165) is 29.5 Å². The molecule has 1 aliphatic rings. The molecule has 0 fully saturated rings. The van der Waals surface area contributed by atoms with Gasteiger partial charge in [0.1, 0.15) is 17.5 Å². The number of rotatable bonds is 14. The maximum Gasteiger partial charge on any atom is 0.427 e. The molecule has 0 spiro atoms. The van der Waals surface area contributed by atoms with E-state index in [1.807, 2.05) is 6.92 Å². The van der Waals surface area contributed by atoms with E-state index < -0.39 is 44.1 Å². The zero-order valence-electron chi connectivity index (χ0n) is 27.0. The quantitative estimate of drug-likeness (QED) is 0.132. The fourth-order valence-electron chi connectivity index (χ4n) is 5.16. The van der Waals surface area contributed by atoms with Gasteiger partial charge in [0.05, 0.1) is 6.61 Å². The Morgan fingerprint density at radius 3 is 2.49 bits per heavy atom. The molecule has 0 amide bonds. The van der Waals surface area contributed by atoms with Crippen LogP contribution in [-0.4, -0.2) is 45.3 Å². The topological polar surface area (TPSA) is 113 Å². The smallest absolute Gasteiger partial charge is 0.427 e. The van der Waals surface area contributed by atoms with Gasteiger partial charge in [0.15, 0.2) is 0 Å². The molecule has 0 aromatic heterocycles. The van der Waals surface area contributed by atoms with Crippen LogP contribution in [0.5, 0.6) is 11.5 Å². The fraction of sp³-hybridized carbons (Fsp3) is 0.600. The summed E-state index contributed by atoms with van der Waals surface area (Å²) >= 11 is 0.